The van der Waals surface area contributed by atoms with Crippen LogP contribution in [0.3, 0.4) is 0 Å². The summed E-state index contributed by atoms with van der Waals surface area (Å²) < 4.78 is 0. The van der Waals surface area contributed by atoms with Crippen molar-refractivity contribution in [2.24, 2.45) is 35.5 Å². The highest BCUT2D eigenvalue weighted by molar-refractivity contribution is 7.38. The molecule has 0 aliphatic heterocycles. The molecular formula is C108H102N12S24. The summed E-state index contributed by atoms with van der Waals surface area (Å²) in [5.74, 6) is 3.53. The number of nitrogens with zero attached hydrogens (tertiary/aromatic N) is 12. The quantitative estimate of drug-likeness (QED) is 0.0481. The standard InChI is InChI=1S/3C36H34N4S8/c3*1-15(2)9-21-13-20(8)42-27(21)31-39-35-36(47-31)40-32(48-35)28-22(10-16(3)4)14-24(44-28)23-12-18(6)26(43-23)30-38-34-33(46-30)37-29(45-34)25-17(5)11-19(7)41-25/h3*11-16H,9-10H2,1-8H3. The number of hydrogen-bond acceptors (Lipinski definition) is 36. The van der Waals surface area contributed by atoms with Gasteiger partial charge in [0.2, 0.25) is 0 Å². The van der Waals surface area contributed by atoms with Gasteiger partial charge in [-0.1, -0.05) is 219 Å². The minimum atomic E-state index is 0.557. The van der Waals surface area contributed by atoms with E-state index in [9.17, 15) is 0 Å². The lowest BCUT2D eigenvalue weighted by Gasteiger charge is -2.04. The van der Waals surface area contributed by atoms with E-state index in [1.54, 1.807) is 136 Å². The Morgan fingerprint density at radius 1 is 0.146 bits per heavy atom. The Balaban J connectivity index is 0.000000123. The van der Waals surface area contributed by atoms with Crippen LogP contribution >= 0.6 is 272 Å². The lowest BCUT2D eigenvalue weighted by Crippen LogP contribution is -1.93. The van der Waals surface area contributed by atoms with Crippen molar-refractivity contribution in [1.82, 2.24) is 59.8 Å². The molecule has 24 aromatic rings. The normalized spacial score (nSPS) is 12.3. The van der Waals surface area contributed by atoms with Crippen LogP contribution in [-0.4, -0.2) is 59.8 Å². The molecule has 0 amide bonds. The highest BCUT2D eigenvalue weighted by Gasteiger charge is 2.31. The molecule has 24 aromatic heterocycles. The second-order valence-corrected chi connectivity index (χ2v) is 65.1. The summed E-state index contributed by atoms with van der Waals surface area (Å²) in [6.45, 7) is 53.8. The Labute approximate surface area is 935 Å². The van der Waals surface area contributed by atoms with Gasteiger partial charge in [-0.25, -0.2) is 59.8 Å². The summed E-state index contributed by atoms with van der Waals surface area (Å²) in [6, 6.07) is 28.0. The first-order valence-corrected chi connectivity index (χ1v) is 67.4. The number of rotatable bonds is 27. The predicted octanol–water partition coefficient (Wildman–Crippen LogP) is 42.1. The first kappa shape index (κ1) is 102. The molecule has 0 bridgehead atoms. The minimum absolute atomic E-state index is 0.557. The van der Waals surface area contributed by atoms with E-state index in [2.05, 4.69) is 239 Å². The molecule has 0 saturated heterocycles. The maximum absolute atomic E-state index is 5.21. The molecule has 0 N–H and O–H groups in total. The van der Waals surface area contributed by atoms with Gasteiger partial charge in [-0.2, -0.15) is 0 Å². The van der Waals surface area contributed by atoms with E-state index in [0.717, 1.165) is 157 Å². The van der Waals surface area contributed by atoms with Crippen molar-refractivity contribution in [1.29, 1.82) is 0 Å². The first-order chi connectivity index (χ1) is 68.9. The molecule has 0 spiro atoms. The highest BCUT2D eigenvalue weighted by Crippen LogP contribution is 2.56. The Morgan fingerprint density at radius 3 is 0.438 bits per heavy atom. The smallest absolute Gasteiger partial charge is 0.155 e. The van der Waals surface area contributed by atoms with E-state index in [1.807, 2.05) is 136 Å². The van der Waals surface area contributed by atoms with E-state index in [0.29, 0.717) is 35.5 Å². The predicted molar refractivity (Wildman–Crippen MR) is 657 cm³/mol. The Bertz CT molecular complexity index is 7900. The molecule has 0 fully saturated rings. The Kier molecular flexibility index (Phi) is 29.5. The third-order valence-corrected chi connectivity index (χ3v) is 52.4. The fourth-order valence-electron chi connectivity index (χ4n) is 18.0. The lowest BCUT2D eigenvalue weighted by molar-refractivity contribution is 0.649. The van der Waals surface area contributed by atoms with Gasteiger partial charge in [-0.3, -0.25) is 0 Å². The molecule has 0 aromatic carbocycles. The molecule has 0 aliphatic rings. The molecule has 0 aliphatic carbocycles. The fraction of sp³-hybridized carbons (Fsp3) is 0.333. The summed E-state index contributed by atoms with van der Waals surface area (Å²) in [7, 11) is 0. The van der Waals surface area contributed by atoms with Crippen LogP contribution in [-0.2, 0) is 38.5 Å². The summed E-state index contributed by atoms with van der Waals surface area (Å²) in [6.07, 6.45) is 6.34. The second kappa shape index (κ2) is 41.6. The maximum Gasteiger partial charge on any atom is 0.155 e. The van der Waals surface area contributed by atoms with Gasteiger partial charge < -0.3 is 0 Å². The zero-order valence-electron chi connectivity index (χ0n) is 83.8. The molecule has 24 heterocycles. The first-order valence-electron chi connectivity index (χ1n) is 47.8. The minimum Gasteiger partial charge on any atom is -0.222 e. The molecule has 738 valence electrons. The lowest BCUT2D eigenvalue weighted by atomic mass is 10.0. The van der Waals surface area contributed by atoms with Crippen LogP contribution in [0.4, 0.5) is 0 Å². The monoisotopic (exact) mass is 2330 g/mol. The average Bonchev–Trinajstić information content (AvgIpc) is 1.61. The van der Waals surface area contributed by atoms with Crippen molar-refractivity contribution in [3.63, 3.8) is 0 Å². The van der Waals surface area contributed by atoms with E-state index in [1.165, 1.54) is 184 Å². The van der Waals surface area contributed by atoms with Gasteiger partial charge in [-0.15, -0.1) is 136 Å². The van der Waals surface area contributed by atoms with Crippen LogP contribution in [0, 0.1) is 119 Å². The van der Waals surface area contributed by atoms with E-state index >= 15 is 0 Å². The summed E-state index contributed by atoms with van der Waals surface area (Å²) >= 11 is 43.0. The molecule has 36 heteroatoms. The van der Waals surface area contributed by atoms with E-state index in [-0.39, 0.29) is 0 Å². The van der Waals surface area contributed by atoms with Gasteiger partial charge in [-0.05, 0) is 297 Å². The molecular weight excluding hydrogens is 2230 g/mol. The largest absolute Gasteiger partial charge is 0.222 e. The third-order valence-electron chi connectivity index (χ3n) is 23.8. The summed E-state index contributed by atoms with van der Waals surface area (Å²) in [4.78, 5) is 105. The van der Waals surface area contributed by atoms with Gasteiger partial charge in [0.25, 0.3) is 0 Å². The molecule has 24 rings (SSSR count). The zero-order chi connectivity index (χ0) is 100. The maximum atomic E-state index is 5.21. The van der Waals surface area contributed by atoms with Crippen LogP contribution in [0.5, 0.6) is 0 Å². The van der Waals surface area contributed by atoms with Gasteiger partial charge in [0.15, 0.2) is 58.0 Å². The topological polar surface area (TPSA) is 155 Å². The van der Waals surface area contributed by atoms with Crippen molar-refractivity contribution >= 4 is 330 Å². The molecule has 0 unspecified atom stereocenters. The van der Waals surface area contributed by atoms with Crippen molar-refractivity contribution in [2.45, 2.75) is 205 Å². The SMILES string of the molecule is Cc1cc(C)c(-c2nc3sc(-c4sc(-c5cc(CC(C)C)c(-c6nc7sc(-c8sc(C)cc8CC(C)C)nc7s6)s5)cc4C)nc3s2)s1.Cc1cc(C)c(-c2nc3sc(-c4sc(-c5cc(CC(C)C)c(-c6nc7sc(-c8sc(C)cc8CC(C)C)nc7s6)s5)cc4C)nc3s2)s1.Cc1cc(C)c(-c2nc3sc(-c4sc(-c5cc(CC(C)C)c(-c6nc7sc(-c8sc(C)cc8CC(C)C)nc7s6)s5)cc4C)nc3s2)s1. The summed E-state index contributed by atoms with van der Waals surface area (Å²) in [5, 5.41) is 13.1. The number of fused-ring (bicyclic) bond motifs is 6. The average molecular weight is 2340 g/mol. The van der Waals surface area contributed by atoms with Crippen molar-refractivity contribution in [3.05, 3.63) is 169 Å². The number of aromatic nitrogens is 12. The van der Waals surface area contributed by atoms with Crippen molar-refractivity contribution in [2.75, 3.05) is 0 Å². The van der Waals surface area contributed by atoms with Crippen LogP contribution in [0.15, 0.2) is 72.8 Å². The van der Waals surface area contributed by atoms with Gasteiger partial charge in [0.1, 0.15) is 60.1 Å². The molecule has 0 saturated carbocycles. The second-order valence-electron chi connectivity index (χ2n) is 39.5. The Hall–Kier alpha value is -6.48. The molecule has 144 heavy (non-hydrogen) atoms. The van der Waals surface area contributed by atoms with Crippen molar-refractivity contribution in [3.8, 4) is 148 Å². The summed E-state index contributed by atoms with van der Waals surface area (Å²) in [5.41, 5.74) is 16.1. The fourth-order valence-corrected chi connectivity index (χ4v) is 45.3. The van der Waals surface area contributed by atoms with Gasteiger partial charge in [0, 0.05) is 58.5 Å². The van der Waals surface area contributed by atoms with E-state index in [4.69, 9.17) is 59.8 Å². The number of thiophene rings is 12. The van der Waals surface area contributed by atoms with Crippen LogP contribution in [0.1, 0.15) is 179 Å². The Morgan fingerprint density at radius 2 is 0.271 bits per heavy atom. The van der Waals surface area contributed by atoms with Gasteiger partial charge in [0.05, 0.1) is 58.5 Å². The van der Waals surface area contributed by atoms with Crippen molar-refractivity contribution < 1.29 is 0 Å². The third kappa shape index (κ3) is 21.0. The molecule has 0 atom stereocenters. The van der Waals surface area contributed by atoms with Crippen LogP contribution in [0.2, 0.25) is 0 Å². The number of thiazole rings is 12. The zero-order valence-corrected chi connectivity index (χ0v) is 103. The van der Waals surface area contributed by atoms with Crippen LogP contribution in [0.25, 0.3) is 206 Å². The number of hydrogen-bond donors (Lipinski definition) is 0. The molecule has 0 radical (unpaired) electrons. The highest BCUT2D eigenvalue weighted by atomic mass is 32.2. The number of aryl methyl sites for hydroxylation is 12. The van der Waals surface area contributed by atoms with Gasteiger partial charge >= 0.3 is 0 Å². The van der Waals surface area contributed by atoms with E-state index < -0.39 is 0 Å². The van der Waals surface area contributed by atoms with Crippen LogP contribution < -0.4 is 0 Å². The molecule has 12 nitrogen and oxygen atoms in total.